The second-order valence-electron chi connectivity index (χ2n) is 8.89. The van der Waals surface area contributed by atoms with E-state index < -0.39 is 0 Å². The monoisotopic (exact) mass is 463 g/mol. The molecule has 0 saturated carbocycles. The first-order chi connectivity index (χ1) is 16.3. The Morgan fingerprint density at radius 3 is 2.35 bits per heavy atom. The van der Waals surface area contributed by atoms with E-state index in [2.05, 4.69) is 4.90 Å². The molecule has 1 aliphatic rings. The molecule has 2 amide bonds. The number of hydrogen-bond donors (Lipinski definition) is 0. The number of likely N-dealkylation sites (N-methyl/N-ethyl adjacent to an activating group) is 1. The van der Waals surface area contributed by atoms with Gasteiger partial charge in [-0.15, -0.1) is 0 Å². The fraction of sp³-hybridized carbons (Fsp3) is 0.346. The van der Waals surface area contributed by atoms with Gasteiger partial charge in [0.25, 0.3) is 5.91 Å². The number of amides is 2. The zero-order valence-corrected chi connectivity index (χ0v) is 19.9. The average Bonchev–Trinajstić information content (AvgIpc) is 3.13. The van der Waals surface area contributed by atoms with Crippen LogP contribution in [0.3, 0.4) is 0 Å². The number of halogens is 1. The quantitative estimate of drug-likeness (QED) is 0.583. The Kier molecular flexibility index (Phi) is 7.07. The van der Waals surface area contributed by atoms with E-state index >= 15 is 0 Å². The Morgan fingerprint density at radius 2 is 1.68 bits per heavy atom. The minimum Gasteiger partial charge on any atom is -0.348 e. The van der Waals surface area contributed by atoms with Crippen LogP contribution in [0.5, 0.6) is 0 Å². The third-order valence-electron chi connectivity index (χ3n) is 6.09. The van der Waals surface area contributed by atoms with Crippen LogP contribution in [0.25, 0.3) is 16.9 Å². The number of benzene rings is 2. The minimum atomic E-state index is -0.326. The molecule has 0 unspecified atom stereocenters. The lowest BCUT2D eigenvalue weighted by Crippen LogP contribution is -2.39. The molecule has 7 nitrogen and oxygen atoms in total. The van der Waals surface area contributed by atoms with E-state index in [4.69, 9.17) is 5.10 Å². The summed E-state index contributed by atoms with van der Waals surface area (Å²) in [5, 5.41) is 4.71. The van der Waals surface area contributed by atoms with E-state index in [9.17, 15) is 14.0 Å². The van der Waals surface area contributed by atoms with E-state index in [-0.39, 0.29) is 17.6 Å². The fourth-order valence-corrected chi connectivity index (χ4v) is 4.02. The molecular weight excluding hydrogens is 433 g/mol. The molecule has 0 aliphatic carbocycles. The number of hydrogen-bond acceptors (Lipinski definition) is 4. The molecule has 1 aliphatic heterocycles. The summed E-state index contributed by atoms with van der Waals surface area (Å²) in [5.41, 5.74) is 3.75. The summed E-state index contributed by atoms with van der Waals surface area (Å²) in [6, 6.07) is 13.9. The lowest BCUT2D eigenvalue weighted by atomic mass is 10.1. The van der Waals surface area contributed by atoms with Gasteiger partial charge in [0.05, 0.1) is 17.8 Å². The van der Waals surface area contributed by atoms with Crippen molar-refractivity contribution in [3.8, 4) is 16.9 Å². The molecular formula is C26H30FN5O2. The first kappa shape index (κ1) is 23.6. The van der Waals surface area contributed by atoms with Gasteiger partial charge in [-0.2, -0.15) is 5.10 Å². The van der Waals surface area contributed by atoms with Gasteiger partial charge in [-0.3, -0.25) is 14.5 Å². The van der Waals surface area contributed by atoms with Crippen LogP contribution in [0.1, 0.15) is 22.3 Å². The summed E-state index contributed by atoms with van der Waals surface area (Å²) >= 11 is 0. The fourth-order valence-electron chi connectivity index (χ4n) is 4.02. The van der Waals surface area contributed by atoms with Crippen LogP contribution in [0.2, 0.25) is 0 Å². The second kappa shape index (κ2) is 10.2. The van der Waals surface area contributed by atoms with Gasteiger partial charge in [0.15, 0.2) is 0 Å². The second-order valence-corrected chi connectivity index (χ2v) is 8.89. The molecule has 1 aromatic heterocycles. The van der Waals surface area contributed by atoms with Gasteiger partial charge in [0.1, 0.15) is 11.5 Å². The van der Waals surface area contributed by atoms with Gasteiger partial charge in [0, 0.05) is 52.0 Å². The molecule has 4 rings (SSSR count). The molecule has 34 heavy (non-hydrogen) atoms. The topological polar surface area (TPSA) is 61.7 Å². The summed E-state index contributed by atoms with van der Waals surface area (Å²) in [6.45, 7) is 4.92. The highest BCUT2D eigenvalue weighted by Gasteiger charge is 2.26. The Hall–Kier alpha value is -3.52. The van der Waals surface area contributed by atoms with Crippen molar-refractivity contribution in [1.82, 2.24) is 24.5 Å². The third kappa shape index (κ3) is 5.34. The average molecular weight is 464 g/mol. The third-order valence-corrected chi connectivity index (χ3v) is 6.09. The number of rotatable bonds is 5. The molecule has 2 aromatic carbocycles. The number of nitrogens with zero attached hydrogens (tertiary/aromatic N) is 5. The van der Waals surface area contributed by atoms with Crippen LogP contribution >= 0.6 is 0 Å². The Balaban J connectivity index is 1.61. The summed E-state index contributed by atoms with van der Waals surface area (Å²) in [7, 11) is 3.50. The van der Waals surface area contributed by atoms with Crippen molar-refractivity contribution in [2.75, 3.05) is 46.8 Å². The van der Waals surface area contributed by atoms with E-state index in [0.29, 0.717) is 43.1 Å². The SMILES string of the molecule is Cc1ccc(-c2nn(-c3ccc(F)cc3)cc2C(=O)N2CCCN(CC(=O)N(C)C)CC2)cc1. The van der Waals surface area contributed by atoms with E-state index in [1.54, 1.807) is 42.0 Å². The molecule has 0 N–H and O–H groups in total. The first-order valence-electron chi connectivity index (χ1n) is 11.5. The summed E-state index contributed by atoms with van der Waals surface area (Å²) in [6.07, 6.45) is 2.52. The Bertz CT molecular complexity index is 1150. The summed E-state index contributed by atoms with van der Waals surface area (Å²) in [5.74, 6) is -0.362. The minimum absolute atomic E-state index is 0.0574. The number of carbonyl (C=O) groups is 2. The summed E-state index contributed by atoms with van der Waals surface area (Å²) in [4.78, 5) is 31.3. The van der Waals surface area contributed by atoms with Crippen molar-refractivity contribution in [1.29, 1.82) is 0 Å². The predicted molar refractivity (Wildman–Crippen MR) is 129 cm³/mol. The van der Waals surface area contributed by atoms with Gasteiger partial charge >= 0.3 is 0 Å². The van der Waals surface area contributed by atoms with Gasteiger partial charge in [-0.1, -0.05) is 29.8 Å². The smallest absolute Gasteiger partial charge is 0.257 e. The molecule has 1 saturated heterocycles. The summed E-state index contributed by atoms with van der Waals surface area (Å²) < 4.78 is 15.1. The van der Waals surface area contributed by atoms with Gasteiger partial charge in [0.2, 0.25) is 5.91 Å². The van der Waals surface area contributed by atoms with Gasteiger partial charge < -0.3 is 9.80 Å². The lowest BCUT2D eigenvalue weighted by molar-refractivity contribution is -0.129. The molecule has 1 fully saturated rings. The van der Waals surface area contributed by atoms with Crippen LogP contribution in [-0.4, -0.2) is 83.1 Å². The number of aromatic nitrogens is 2. The molecule has 8 heteroatoms. The molecule has 3 aromatic rings. The number of carbonyl (C=O) groups excluding carboxylic acids is 2. The van der Waals surface area contributed by atoms with Crippen LogP contribution in [0, 0.1) is 12.7 Å². The molecule has 0 spiro atoms. The van der Waals surface area contributed by atoms with Crippen LogP contribution in [-0.2, 0) is 4.79 Å². The van der Waals surface area contributed by atoms with Crippen molar-refractivity contribution < 1.29 is 14.0 Å². The maximum Gasteiger partial charge on any atom is 0.257 e. The van der Waals surface area contributed by atoms with Gasteiger partial charge in [-0.25, -0.2) is 9.07 Å². The van der Waals surface area contributed by atoms with Crippen molar-refractivity contribution in [2.24, 2.45) is 0 Å². The lowest BCUT2D eigenvalue weighted by Gasteiger charge is -2.22. The molecule has 0 atom stereocenters. The van der Waals surface area contributed by atoms with E-state index in [1.165, 1.54) is 12.1 Å². The highest BCUT2D eigenvalue weighted by molar-refractivity contribution is 6.00. The molecule has 0 radical (unpaired) electrons. The van der Waals surface area contributed by atoms with Crippen molar-refractivity contribution in [2.45, 2.75) is 13.3 Å². The Labute approximate surface area is 199 Å². The normalized spacial score (nSPS) is 14.6. The van der Waals surface area contributed by atoms with E-state index in [1.807, 2.05) is 36.1 Å². The standard InChI is InChI=1S/C26H30FN5O2/c1-19-5-7-20(8-6-19)25-23(17-32(28-25)22-11-9-21(27)10-12-22)26(34)31-14-4-13-30(15-16-31)18-24(33)29(2)3/h5-12,17H,4,13-16,18H2,1-3H3. The highest BCUT2D eigenvalue weighted by Crippen LogP contribution is 2.26. The highest BCUT2D eigenvalue weighted by atomic mass is 19.1. The Morgan fingerprint density at radius 1 is 0.971 bits per heavy atom. The molecule has 0 bridgehead atoms. The zero-order chi connectivity index (χ0) is 24.2. The van der Waals surface area contributed by atoms with Crippen LogP contribution in [0.4, 0.5) is 4.39 Å². The predicted octanol–water partition coefficient (Wildman–Crippen LogP) is 3.22. The van der Waals surface area contributed by atoms with Gasteiger partial charge in [-0.05, 0) is 37.6 Å². The van der Waals surface area contributed by atoms with Crippen molar-refractivity contribution in [3.63, 3.8) is 0 Å². The molecule has 2 heterocycles. The van der Waals surface area contributed by atoms with Crippen LogP contribution in [0.15, 0.2) is 54.7 Å². The molecule has 178 valence electrons. The van der Waals surface area contributed by atoms with E-state index in [0.717, 1.165) is 24.1 Å². The maximum atomic E-state index is 13.7. The largest absolute Gasteiger partial charge is 0.348 e. The maximum absolute atomic E-state index is 13.7. The first-order valence-corrected chi connectivity index (χ1v) is 11.5. The van der Waals surface area contributed by atoms with Crippen LogP contribution < -0.4 is 0 Å². The van der Waals surface area contributed by atoms with Crippen molar-refractivity contribution in [3.05, 3.63) is 71.7 Å². The van der Waals surface area contributed by atoms with Crippen molar-refractivity contribution >= 4 is 11.8 Å². The number of aryl methyl sites for hydroxylation is 1. The zero-order valence-electron chi connectivity index (χ0n) is 19.9.